The molecule has 1 unspecified atom stereocenters. The summed E-state index contributed by atoms with van der Waals surface area (Å²) in [6, 6.07) is 11.3. The first-order valence-electron chi connectivity index (χ1n) is 7.71. The standard InChI is InChI=1S/C18H18ClN3O/c19-16-3-1-13(2-4-16)18(23)14-6-9-22(10-7-14)17-12-21-8-5-15(17)11-20/h1-5,8,12,14,18,23H,6-7,9-10H2. The minimum atomic E-state index is -0.473. The number of nitrogens with zero attached hydrogens (tertiary/aromatic N) is 3. The molecule has 0 radical (unpaired) electrons. The summed E-state index contributed by atoms with van der Waals surface area (Å²) in [6.45, 7) is 1.63. The van der Waals surface area contributed by atoms with Crippen molar-refractivity contribution in [3.05, 3.63) is 58.9 Å². The molecule has 0 amide bonds. The summed E-state index contributed by atoms with van der Waals surface area (Å²) in [5.74, 6) is 0.217. The maximum atomic E-state index is 10.6. The van der Waals surface area contributed by atoms with Crippen LogP contribution in [0.25, 0.3) is 0 Å². The first-order chi connectivity index (χ1) is 11.2. The van der Waals surface area contributed by atoms with E-state index in [0.29, 0.717) is 10.6 Å². The highest BCUT2D eigenvalue weighted by atomic mass is 35.5. The molecule has 1 aromatic heterocycles. The molecule has 1 aliphatic rings. The first-order valence-corrected chi connectivity index (χ1v) is 8.09. The molecule has 23 heavy (non-hydrogen) atoms. The second kappa shape index (κ2) is 6.99. The van der Waals surface area contributed by atoms with Crippen molar-refractivity contribution in [3.8, 4) is 6.07 Å². The van der Waals surface area contributed by atoms with E-state index in [9.17, 15) is 10.4 Å². The first kappa shape index (κ1) is 15.8. The largest absolute Gasteiger partial charge is 0.388 e. The smallest absolute Gasteiger partial charge is 0.101 e. The molecule has 118 valence electrons. The number of aliphatic hydroxyl groups excluding tert-OH is 1. The van der Waals surface area contributed by atoms with Crippen LogP contribution in [-0.2, 0) is 0 Å². The van der Waals surface area contributed by atoms with E-state index in [-0.39, 0.29) is 5.92 Å². The highest BCUT2D eigenvalue weighted by Gasteiger charge is 2.27. The van der Waals surface area contributed by atoms with Gasteiger partial charge in [0.15, 0.2) is 0 Å². The molecule has 1 atom stereocenters. The van der Waals surface area contributed by atoms with Crippen molar-refractivity contribution in [3.63, 3.8) is 0 Å². The lowest BCUT2D eigenvalue weighted by Gasteiger charge is -2.35. The zero-order valence-corrected chi connectivity index (χ0v) is 13.4. The topological polar surface area (TPSA) is 60.2 Å². The Bertz CT molecular complexity index is 703. The predicted molar refractivity (Wildman–Crippen MR) is 90.3 cm³/mol. The fraction of sp³-hybridized carbons (Fsp3) is 0.333. The monoisotopic (exact) mass is 327 g/mol. The predicted octanol–water partition coefficient (Wildman–Crippen LogP) is 3.56. The molecule has 1 fully saturated rings. The fourth-order valence-corrected chi connectivity index (χ4v) is 3.25. The molecule has 2 aromatic rings. The number of piperidine rings is 1. The molecular weight excluding hydrogens is 310 g/mol. The van der Waals surface area contributed by atoms with Gasteiger partial charge in [0.2, 0.25) is 0 Å². The van der Waals surface area contributed by atoms with E-state index < -0.39 is 6.10 Å². The summed E-state index contributed by atoms with van der Waals surface area (Å²) in [4.78, 5) is 6.30. The zero-order valence-electron chi connectivity index (χ0n) is 12.7. The number of halogens is 1. The van der Waals surface area contributed by atoms with E-state index in [1.165, 1.54) is 0 Å². The van der Waals surface area contributed by atoms with E-state index in [2.05, 4.69) is 16.0 Å². The van der Waals surface area contributed by atoms with Crippen molar-refractivity contribution < 1.29 is 5.11 Å². The lowest BCUT2D eigenvalue weighted by Crippen LogP contribution is -2.36. The molecule has 0 aliphatic carbocycles. The van der Waals surface area contributed by atoms with Gasteiger partial charge in [0, 0.05) is 24.3 Å². The summed E-state index contributed by atoms with van der Waals surface area (Å²) < 4.78 is 0. The maximum Gasteiger partial charge on any atom is 0.101 e. The molecule has 0 saturated carbocycles. The average Bonchev–Trinajstić information content (AvgIpc) is 2.62. The number of benzene rings is 1. The van der Waals surface area contributed by atoms with Crippen LogP contribution in [0, 0.1) is 17.2 Å². The molecule has 1 aliphatic heterocycles. The van der Waals surface area contributed by atoms with Gasteiger partial charge in [-0.25, -0.2) is 0 Å². The summed E-state index contributed by atoms with van der Waals surface area (Å²) in [6.07, 6.45) is 4.67. The van der Waals surface area contributed by atoms with Gasteiger partial charge in [0.05, 0.1) is 23.6 Å². The molecule has 1 N–H and O–H groups in total. The number of hydrogen-bond acceptors (Lipinski definition) is 4. The fourth-order valence-electron chi connectivity index (χ4n) is 3.12. The van der Waals surface area contributed by atoms with Gasteiger partial charge in [-0.1, -0.05) is 23.7 Å². The minimum Gasteiger partial charge on any atom is -0.388 e. The van der Waals surface area contributed by atoms with E-state index in [1.54, 1.807) is 18.5 Å². The van der Waals surface area contributed by atoms with Crippen LogP contribution in [0.3, 0.4) is 0 Å². The van der Waals surface area contributed by atoms with Gasteiger partial charge in [0.25, 0.3) is 0 Å². The third-order valence-electron chi connectivity index (χ3n) is 4.46. The van der Waals surface area contributed by atoms with Gasteiger partial charge in [-0.05, 0) is 42.5 Å². The summed E-state index contributed by atoms with van der Waals surface area (Å²) in [7, 11) is 0. The number of hydrogen-bond donors (Lipinski definition) is 1. The van der Waals surface area contributed by atoms with Crippen molar-refractivity contribution in [2.75, 3.05) is 18.0 Å². The Labute approximate surface area is 141 Å². The van der Waals surface area contributed by atoms with E-state index >= 15 is 0 Å². The van der Waals surface area contributed by atoms with Crippen molar-refractivity contribution in [1.29, 1.82) is 5.26 Å². The van der Waals surface area contributed by atoms with Crippen LogP contribution >= 0.6 is 11.6 Å². The SMILES string of the molecule is N#Cc1ccncc1N1CCC(C(O)c2ccc(Cl)cc2)CC1. The number of pyridine rings is 1. The summed E-state index contributed by atoms with van der Waals surface area (Å²) >= 11 is 5.90. The molecule has 3 rings (SSSR count). The van der Waals surface area contributed by atoms with Crippen LogP contribution in [0.5, 0.6) is 0 Å². The normalized spacial score (nSPS) is 16.8. The lowest BCUT2D eigenvalue weighted by molar-refractivity contribution is 0.0930. The van der Waals surface area contributed by atoms with Crippen molar-refractivity contribution in [2.45, 2.75) is 18.9 Å². The van der Waals surface area contributed by atoms with E-state index in [1.807, 2.05) is 24.3 Å². The molecule has 1 aromatic carbocycles. The highest BCUT2D eigenvalue weighted by Crippen LogP contribution is 2.33. The van der Waals surface area contributed by atoms with Crippen LogP contribution < -0.4 is 4.90 Å². The minimum absolute atomic E-state index is 0.217. The quantitative estimate of drug-likeness (QED) is 0.936. The third-order valence-corrected chi connectivity index (χ3v) is 4.71. The number of rotatable bonds is 3. The van der Waals surface area contributed by atoms with Crippen molar-refractivity contribution in [1.82, 2.24) is 4.98 Å². The second-order valence-corrected chi connectivity index (χ2v) is 6.26. The lowest BCUT2D eigenvalue weighted by atomic mass is 9.87. The Kier molecular flexibility index (Phi) is 4.80. The highest BCUT2D eigenvalue weighted by molar-refractivity contribution is 6.30. The molecular formula is C18H18ClN3O. The summed E-state index contributed by atoms with van der Waals surface area (Å²) in [5, 5.41) is 20.4. The molecule has 0 spiro atoms. The maximum absolute atomic E-state index is 10.6. The van der Waals surface area contributed by atoms with Crippen LogP contribution in [0.2, 0.25) is 5.02 Å². The van der Waals surface area contributed by atoms with E-state index in [0.717, 1.165) is 37.2 Å². The number of aliphatic hydroxyl groups is 1. The van der Waals surface area contributed by atoms with Crippen LogP contribution in [0.15, 0.2) is 42.7 Å². The van der Waals surface area contributed by atoms with Gasteiger partial charge >= 0.3 is 0 Å². The van der Waals surface area contributed by atoms with Gasteiger partial charge in [-0.15, -0.1) is 0 Å². The van der Waals surface area contributed by atoms with Crippen LogP contribution in [-0.4, -0.2) is 23.2 Å². The number of anilines is 1. The van der Waals surface area contributed by atoms with Crippen molar-refractivity contribution in [2.24, 2.45) is 5.92 Å². The van der Waals surface area contributed by atoms with Crippen LogP contribution in [0.1, 0.15) is 30.1 Å². The number of nitriles is 1. The van der Waals surface area contributed by atoms with E-state index in [4.69, 9.17) is 11.6 Å². The van der Waals surface area contributed by atoms with Gasteiger partial charge in [-0.3, -0.25) is 4.98 Å². The Morgan fingerprint density at radius 3 is 2.57 bits per heavy atom. The third kappa shape index (κ3) is 3.47. The zero-order chi connectivity index (χ0) is 16.2. The molecule has 1 saturated heterocycles. The summed E-state index contributed by atoms with van der Waals surface area (Å²) in [5.41, 5.74) is 2.44. The van der Waals surface area contributed by atoms with Crippen molar-refractivity contribution >= 4 is 17.3 Å². The Morgan fingerprint density at radius 1 is 1.22 bits per heavy atom. The molecule has 2 heterocycles. The molecule has 0 bridgehead atoms. The Morgan fingerprint density at radius 2 is 1.91 bits per heavy atom. The average molecular weight is 328 g/mol. The molecule has 5 heteroatoms. The Balaban J connectivity index is 1.66. The second-order valence-electron chi connectivity index (χ2n) is 5.83. The van der Waals surface area contributed by atoms with Gasteiger partial charge in [0.1, 0.15) is 6.07 Å². The van der Waals surface area contributed by atoms with Gasteiger partial charge < -0.3 is 10.0 Å². The Hall–Kier alpha value is -2.09. The van der Waals surface area contributed by atoms with Gasteiger partial charge in [-0.2, -0.15) is 5.26 Å². The number of aromatic nitrogens is 1. The van der Waals surface area contributed by atoms with Crippen LogP contribution in [0.4, 0.5) is 5.69 Å². The molecule has 4 nitrogen and oxygen atoms in total.